The summed E-state index contributed by atoms with van der Waals surface area (Å²) < 4.78 is 112. The third-order valence-corrected chi connectivity index (χ3v) is 5.95. The molecule has 218 valence electrons. The number of rotatable bonds is 8. The summed E-state index contributed by atoms with van der Waals surface area (Å²) in [5, 5.41) is 2.90. The Kier molecular flexibility index (Phi) is 7.87. The van der Waals surface area contributed by atoms with Gasteiger partial charge in [-0.2, -0.15) is 22.0 Å². The molecule has 0 radical (unpaired) electrons. The van der Waals surface area contributed by atoms with Crippen molar-refractivity contribution in [2.24, 2.45) is 0 Å². The maximum Gasteiger partial charge on any atom is 0.573 e. The van der Waals surface area contributed by atoms with Crippen molar-refractivity contribution >= 4 is 11.6 Å². The summed E-state index contributed by atoms with van der Waals surface area (Å²) in [6, 6.07) is 12.2. The Morgan fingerprint density at radius 2 is 1.51 bits per heavy atom. The first kappa shape index (κ1) is 29.6. The van der Waals surface area contributed by atoms with Crippen molar-refractivity contribution in [3.63, 3.8) is 0 Å². The first-order chi connectivity index (χ1) is 19.0. The van der Waals surface area contributed by atoms with Gasteiger partial charge in [-0.3, -0.25) is 9.69 Å². The van der Waals surface area contributed by atoms with Crippen LogP contribution in [0.4, 0.5) is 40.8 Å². The smallest absolute Gasteiger partial charge is 0.435 e. The van der Waals surface area contributed by atoms with Crippen LogP contribution in [0, 0.1) is 0 Å². The number of carbonyl (C=O) groups is 1. The summed E-state index contributed by atoms with van der Waals surface area (Å²) in [7, 11) is 0. The molecule has 0 spiro atoms. The standard InChI is InChI=1S/C27H21F8N3O3/c1-25(2,21-7-4-8-22(36-21)26(30,31)32)37-19-14-20(15-5-3-6-18(13-15)40-24(28)29)38(23(19)39)16-9-11-17(12-10-16)41-27(33,34)35/h3-14,20,24,37H,1-2H3. The van der Waals surface area contributed by atoms with E-state index in [1.165, 1.54) is 73.4 Å². The fraction of sp³-hybridized carbons (Fsp3) is 0.259. The van der Waals surface area contributed by atoms with Crippen molar-refractivity contribution in [3.8, 4) is 11.5 Å². The predicted octanol–water partition coefficient (Wildman–Crippen LogP) is 7.10. The maximum absolute atomic E-state index is 13.6. The molecule has 41 heavy (non-hydrogen) atoms. The molecule has 2 aromatic carbocycles. The van der Waals surface area contributed by atoms with Crippen LogP contribution in [0.15, 0.2) is 78.5 Å². The Balaban J connectivity index is 1.71. The molecule has 4 rings (SSSR count). The molecule has 1 unspecified atom stereocenters. The fourth-order valence-electron chi connectivity index (χ4n) is 4.20. The Labute approximate surface area is 228 Å². The minimum atomic E-state index is -4.94. The van der Waals surface area contributed by atoms with Gasteiger partial charge in [-0.25, -0.2) is 4.98 Å². The zero-order chi connectivity index (χ0) is 30.2. The van der Waals surface area contributed by atoms with E-state index in [0.717, 1.165) is 18.2 Å². The third kappa shape index (κ3) is 7.05. The lowest BCUT2D eigenvalue weighted by molar-refractivity contribution is -0.274. The third-order valence-electron chi connectivity index (χ3n) is 5.95. The highest BCUT2D eigenvalue weighted by Gasteiger charge is 2.39. The average molecular weight is 587 g/mol. The number of amides is 1. The van der Waals surface area contributed by atoms with Crippen molar-refractivity contribution in [1.82, 2.24) is 10.3 Å². The van der Waals surface area contributed by atoms with Crippen molar-refractivity contribution in [2.45, 2.75) is 44.6 Å². The molecule has 0 saturated heterocycles. The quantitative estimate of drug-likeness (QED) is 0.285. The maximum atomic E-state index is 13.6. The molecule has 1 N–H and O–H groups in total. The van der Waals surface area contributed by atoms with Crippen LogP contribution >= 0.6 is 0 Å². The van der Waals surface area contributed by atoms with E-state index in [4.69, 9.17) is 0 Å². The molecule has 0 saturated carbocycles. The highest BCUT2D eigenvalue weighted by atomic mass is 19.4. The second-order valence-electron chi connectivity index (χ2n) is 9.35. The zero-order valence-corrected chi connectivity index (χ0v) is 21.2. The first-order valence-corrected chi connectivity index (χ1v) is 11.8. The van der Waals surface area contributed by atoms with Crippen molar-refractivity contribution < 1.29 is 49.4 Å². The van der Waals surface area contributed by atoms with E-state index >= 15 is 0 Å². The van der Waals surface area contributed by atoms with Crippen molar-refractivity contribution in [3.05, 3.63) is 95.5 Å². The van der Waals surface area contributed by atoms with Crippen LogP contribution in [-0.4, -0.2) is 23.9 Å². The summed E-state index contributed by atoms with van der Waals surface area (Å²) in [6.07, 6.45) is -8.23. The van der Waals surface area contributed by atoms with Gasteiger partial charge < -0.3 is 14.8 Å². The van der Waals surface area contributed by atoms with Gasteiger partial charge >= 0.3 is 19.2 Å². The number of benzene rings is 2. The van der Waals surface area contributed by atoms with Gasteiger partial charge in [0, 0.05) is 5.69 Å². The van der Waals surface area contributed by atoms with Crippen LogP contribution in [0.3, 0.4) is 0 Å². The second kappa shape index (κ2) is 10.9. The normalized spacial score (nSPS) is 16.2. The summed E-state index contributed by atoms with van der Waals surface area (Å²) in [5.41, 5.74) is -2.12. The molecule has 2 heterocycles. The summed E-state index contributed by atoms with van der Waals surface area (Å²) in [4.78, 5) is 18.5. The molecule has 1 atom stereocenters. The van der Waals surface area contributed by atoms with Gasteiger partial charge in [-0.15, -0.1) is 13.2 Å². The molecule has 0 aliphatic carbocycles. The van der Waals surface area contributed by atoms with Crippen LogP contribution in [0.5, 0.6) is 11.5 Å². The largest absolute Gasteiger partial charge is 0.573 e. The summed E-state index contributed by atoms with van der Waals surface area (Å²) >= 11 is 0. The Morgan fingerprint density at radius 3 is 2.12 bits per heavy atom. The van der Waals surface area contributed by atoms with E-state index in [9.17, 15) is 39.9 Å². The van der Waals surface area contributed by atoms with Gasteiger partial charge in [-0.1, -0.05) is 18.2 Å². The number of carbonyl (C=O) groups excluding carboxylic acids is 1. The van der Waals surface area contributed by atoms with Gasteiger partial charge in [0.15, 0.2) is 0 Å². The number of hydrogen-bond acceptors (Lipinski definition) is 5. The Bertz CT molecular complexity index is 1440. The fourth-order valence-corrected chi connectivity index (χ4v) is 4.20. The second-order valence-corrected chi connectivity index (χ2v) is 9.35. The monoisotopic (exact) mass is 587 g/mol. The van der Waals surface area contributed by atoms with Crippen LogP contribution in [0.25, 0.3) is 0 Å². The lowest BCUT2D eigenvalue weighted by Crippen LogP contribution is -2.41. The number of anilines is 1. The van der Waals surface area contributed by atoms with E-state index in [1.807, 2.05) is 0 Å². The summed E-state index contributed by atoms with van der Waals surface area (Å²) in [5.74, 6) is -1.44. The molecule has 0 bridgehead atoms. The molecule has 3 aromatic rings. The zero-order valence-electron chi connectivity index (χ0n) is 21.2. The lowest BCUT2D eigenvalue weighted by atomic mass is 9.98. The van der Waals surface area contributed by atoms with Crippen LogP contribution in [-0.2, 0) is 16.5 Å². The summed E-state index contributed by atoms with van der Waals surface area (Å²) in [6.45, 7) is -0.121. The number of aromatic nitrogens is 1. The highest BCUT2D eigenvalue weighted by Crippen LogP contribution is 2.39. The minimum Gasteiger partial charge on any atom is -0.435 e. The van der Waals surface area contributed by atoms with Gasteiger partial charge in [0.2, 0.25) is 0 Å². The molecular formula is C27H21F8N3O3. The van der Waals surface area contributed by atoms with Gasteiger partial charge in [0.1, 0.15) is 17.2 Å². The van der Waals surface area contributed by atoms with Gasteiger partial charge in [0.25, 0.3) is 5.91 Å². The SMILES string of the molecule is CC(C)(NC1=CC(c2cccc(OC(F)F)c2)N(c2ccc(OC(F)(F)F)cc2)C1=O)c1cccc(C(F)(F)F)n1. The molecular weight excluding hydrogens is 566 g/mol. The predicted molar refractivity (Wildman–Crippen MR) is 130 cm³/mol. The minimum absolute atomic E-state index is 0.0305. The molecule has 6 nitrogen and oxygen atoms in total. The van der Waals surface area contributed by atoms with E-state index in [2.05, 4.69) is 19.8 Å². The van der Waals surface area contributed by atoms with Crippen molar-refractivity contribution in [2.75, 3.05) is 4.90 Å². The van der Waals surface area contributed by atoms with E-state index in [1.54, 1.807) is 0 Å². The van der Waals surface area contributed by atoms with E-state index < -0.39 is 48.1 Å². The van der Waals surface area contributed by atoms with Gasteiger partial charge in [0.05, 0.1) is 23.0 Å². The lowest BCUT2D eigenvalue weighted by Gasteiger charge is -2.29. The highest BCUT2D eigenvalue weighted by molar-refractivity contribution is 6.09. The van der Waals surface area contributed by atoms with E-state index in [0.29, 0.717) is 5.56 Å². The number of halogens is 8. The average Bonchev–Trinajstić information content (AvgIpc) is 3.18. The number of nitrogens with zero attached hydrogens (tertiary/aromatic N) is 2. The number of hydrogen-bond donors (Lipinski definition) is 1. The van der Waals surface area contributed by atoms with Crippen molar-refractivity contribution in [1.29, 1.82) is 0 Å². The topological polar surface area (TPSA) is 63.7 Å². The molecule has 1 aromatic heterocycles. The first-order valence-electron chi connectivity index (χ1n) is 11.8. The molecule has 1 amide bonds. The molecule has 0 fully saturated rings. The molecule has 1 aliphatic heterocycles. The number of nitrogens with one attached hydrogen (secondary N) is 1. The van der Waals surface area contributed by atoms with Crippen LogP contribution in [0.1, 0.15) is 36.8 Å². The van der Waals surface area contributed by atoms with Crippen LogP contribution in [0.2, 0.25) is 0 Å². The van der Waals surface area contributed by atoms with Crippen LogP contribution < -0.4 is 19.7 Å². The Hall–Kier alpha value is -4.36. The molecule has 14 heteroatoms. The van der Waals surface area contributed by atoms with Gasteiger partial charge in [-0.05, 0) is 74.0 Å². The molecule has 1 aliphatic rings. The number of alkyl halides is 8. The number of pyridine rings is 1. The number of ether oxygens (including phenoxy) is 2. The van der Waals surface area contributed by atoms with E-state index in [-0.39, 0.29) is 22.8 Å². The Morgan fingerprint density at radius 1 is 0.878 bits per heavy atom.